The minimum atomic E-state index is -3.93. The topological polar surface area (TPSA) is 66.5 Å². The molecule has 0 unspecified atom stereocenters. The van der Waals surface area contributed by atoms with E-state index < -0.39 is 15.9 Å². The van der Waals surface area contributed by atoms with Crippen molar-refractivity contribution in [2.75, 3.05) is 17.4 Å². The molecule has 0 atom stereocenters. The predicted octanol–water partition coefficient (Wildman–Crippen LogP) is 4.94. The smallest absolute Gasteiger partial charge is 0.264 e. The quantitative estimate of drug-likeness (QED) is 0.444. The van der Waals surface area contributed by atoms with Crippen molar-refractivity contribution in [3.05, 3.63) is 94.5 Å². The summed E-state index contributed by atoms with van der Waals surface area (Å²) in [7, 11) is -3.93. The fourth-order valence-corrected chi connectivity index (χ4v) is 4.83. The summed E-state index contributed by atoms with van der Waals surface area (Å²) < 4.78 is 27.5. The number of carbonyl (C=O) groups is 1. The van der Waals surface area contributed by atoms with Crippen LogP contribution in [-0.2, 0) is 21.2 Å². The van der Waals surface area contributed by atoms with Gasteiger partial charge in [-0.25, -0.2) is 8.42 Å². The number of hydrogen-bond donors (Lipinski definition) is 1. The molecule has 31 heavy (non-hydrogen) atoms. The number of nitrogens with one attached hydrogen (secondary N) is 1. The van der Waals surface area contributed by atoms with Crippen LogP contribution < -0.4 is 9.62 Å². The Kier molecular flexibility index (Phi) is 7.96. The van der Waals surface area contributed by atoms with Gasteiger partial charge in [-0.2, -0.15) is 0 Å². The Hall–Kier alpha value is -2.54. The lowest BCUT2D eigenvalue weighted by molar-refractivity contribution is -0.119. The highest BCUT2D eigenvalue weighted by atomic mass is 35.5. The molecule has 0 saturated carbocycles. The lowest BCUT2D eigenvalue weighted by Gasteiger charge is -2.24. The molecule has 0 aromatic heterocycles. The number of benzene rings is 3. The van der Waals surface area contributed by atoms with Crippen LogP contribution in [0.5, 0.6) is 0 Å². The van der Waals surface area contributed by atoms with E-state index in [1.54, 1.807) is 42.5 Å². The maximum absolute atomic E-state index is 13.2. The Morgan fingerprint density at radius 2 is 1.52 bits per heavy atom. The van der Waals surface area contributed by atoms with E-state index in [4.69, 9.17) is 23.2 Å². The molecule has 0 radical (unpaired) electrons. The Morgan fingerprint density at radius 1 is 0.871 bits per heavy atom. The Labute approximate surface area is 192 Å². The van der Waals surface area contributed by atoms with E-state index in [9.17, 15) is 13.2 Å². The van der Waals surface area contributed by atoms with Crippen molar-refractivity contribution in [2.24, 2.45) is 0 Å². The predicted molar refractivity (Wildman–Crippen MR) is 125 cm³/mol. The lowest BCUT2D eigenvalue weighted by Crippen LogP contribution is -2.41. The summed E-state index contributed by atoms with van der Waals surface area (Å²) >= 11 is 12.1. The van der Waals surface area contributed by atoms with Crippen molar-refractivity contribution in [1.29, 1.82) is 0 Å². The molecule has 3 aromatic carbocycles. The number of carbonyl (C=O) groups excluding carboxylic acids is 1. The second-order valence-electron chi connectivity index (χ2n) is 6.85. The van der Waals surface area contributed by atoms with E-state index in [2.05, 4.69) is 5.32 Å². The third kappa shape index (κ3) is 6.23. The van der Waals surface area contributed by atoms with Crippen LogP contribution in [-0.4, -0.2) is 27.4 Å². The summed E-state index contributed by atoms with van der Waals surface area (Å²) in [4.78, 5) is 12.7. The van der Waals surface area contributed by atoms with E-state index in [0.717, 1.165) is 9.87 Å². The zero-order valence-corrected chi connectivity index (χ0v) is 19.0. The fourth-order valence-electron chi connectivity index (χ4n) is 3.04. The van der Waals surface area contributed by atoms with Gasteiger partial charge in [-0.05, 0) is 60.9 Å². The number of nitrogens with zero attached hydrogens (tertiary/aromatic N) is 1. The minimum absolute atomic E-state index is 0.108. The van der Waals surface area contributed by atoms with Crippen molar-refractivity contribution in [3.8, 4) is 0 Å². The fraction of sp³-hybridized carbons (Fsp3) is 0.174. The number of anilines is 1. The van der Waals surface area contributed by atoms with Gasteiger partial charge in [0, 0.05) is 16.6 Å². The van der Waals surface area contributed by atoms with Gasteiger partial charge in [-0.3, -0.25) is 9.10 Å². The van der Waals surface area contributed by atoms with Crippen LogP contribution in [0.25, 0.3) is 0 Å². The standard InChI is InChI=1S/C23H22Cl2N2O3S/c24-19-12-14-20(15-13-19)27(31(29,30)21-9-2-1-3-10-21)17-23(28)26-16-6-8-18-7-4-5-11-22(18)25/h1-5,7,9-15H,6,8,16-17H2,(H,26,28). The number of sulfonamides is 1. The minimum Gasteiger partial charge on any atom is -0.355 e. The molecule has 162 valence electrons. The number of halogens is 2. The molecular formula is C23H22Cl2N2O3S. The third-order valence-electron chi connectivity index (χ3n) is 4.64. The number of aryl methyl sites for hydroxylation is 1. The molecule has 0 saturated heterocycles. The molecule has 8 heteroatoms. The molecule has 5 nitrogen and oxygen atoms in total. The van der Waals surface area contributed by atoms with Crippen LogP contribution in [0.4, 0.5) is 5.69 Å². The summed E-state index contributed by atoms with van der Waals surface area (Å²) in [6.07, 6.45) is 1.39. The van der Waals surface area contributed by atoms with Crippen molar-refractivity contribution in [3.63, 3.8) is 0 Å². The molecule has 0 aliphatic rings. The third-order valence-corrected chi connectivity index (χ3v) is 7.04. The monoisotopic (exact) mass is 476 g/mol. The first-order valence-corrected chi connectivity index (χ1v) is 11.9. The zero-order chi connectivity index (χ0) is 22.3. The van der Waals surface area contributed by atoms with Gasteiger partial charge in [0.05, 0.1) is 10.6 Å². The SMILES string of the molecule is O=C(CN(c1ccc(Cl)cc1)S(=O)(=O)c1ccccc1)NCCCc1ccccc1Cl. The van der Waals surface area contributed by atoms with Crippen LogP contribution in [0, 0.1) is 0 Å². The van der Waals surface area contributed by atoms with E-state index in [-0.39, 0.29) is 11.4 Å². The summed E-state index contributed by atoms with van der Waals surface area (Å²) in [6, 6.07) is 21.9. The van der Waals surface area contributed by atoms with E-state index in [0.29, 0.717) is 35.1 Å². The van der Waals surface area contributed by atoms with Crippen molar-refractivity contribution in [2.45, 2.75) is 17.7 Å². The first kappa shape index (κ1) is 23.1. The van der Waals surface area contributed by atoms with E-state index in [1.165, 1.54) is 12.1 Å². The van der Waals surface area contributed by atoms with Crippen LogP contribution in [0.3, 0.4) is 0 Å². The second-order valence-corrected chi connectivity index (χ2v) is 9.55. The molecule has 3 rings (SSSR count). The van der Waals surface area contributed by atoms with E-state index >= 15 is 0 Å². The molecule has 0 heterocycles. The molecule has 0 fully saturated rings. The Bertz CT molecular complexity index is 1120. The number of hydrogen-bond acceptors (Lipinski definition) is 3. The highest BCUT2D eigenvalue weighted by Crippen LogP contribution is 2.25. The molecule has 1 amide bonds. The van der Waals surface area contributed by atoms with Gasteiger partial charge in [0.1, 0.15) is 6.54 Å². The maximum Gasteiger partial charge on any atom is 0.264 e. The summed E-state index contributed by atoms with van der Waals surface area (Å²) in [5.74, 6) is -0.395. The summed E-state index contributed by atoms with van der Waals surface area (Å²) in [5.41, 5.74) is 1.37. The summed E-state index contributed by atoms with van der Waals surface area (Å²) in [6.45, 7) is 0.0643. The highest BCUT2D eigenvalue weighted by molar-refractivity contribution is 7.92. The van der Waals surface area contributed by atoms with Crippen LogP contribution >= 0.6 is 23.2 Å². The Morgan fingerprint density at radius 3 is 2.19 bits per heavy atom. The molecule has 0 aliphatic carbocycles. The molecule has 0 spiro atoms. The van der Waals surface area contributed by atoms with Crippen molar-refractivity contribution in [1.82, 2.24) is 5.32 Å². The van der Waals surface area contributed by atoms with Gasteiger partial charge in [0.15, 0.2) is 0 Å². The van der Waals surface area contributed by atoms with Crippen LogP contribution in [0.2, 0.25) is 10.0 Å². The van der Waals surface area contributed by atoms with E-state index in [1.807, 2.05) is 24.3 Å². The van der Waals surface area contributed by atoms with Gasteiger partial charge in [0.25, 0.3) is 10.0 Å². The maximum atomic E-state index is 13.2. The van der Waals surface area contributed by atoms with Gasteiger partial charge >= 0.3 is 0 Å². The van der Waals surface area contributed by atoms with Gasteiger partial charge in [0.2, 0.25) is 5.91 Å². The lowest BCUT2D eigenvalue weighted by atomic mass is 10.1. The average Bonchev–Trinajstić information content (AvgIpc) is 2.77. The van der Waals surface area contributed by atoms with Crippen LogP contribution in [0.1, 0.15) is 12.0 Å². The van der Waals surface area contributed by atoms with Crippen molar-refractivity contribution < 1.29 is 13.2 Å². The molecule has 0 bridgehead atoms. The normalized spacial score (nSPS) is 11.2. The zero-order valence-electron chi connectivity index (χ0n) is 16.7. The molecular weight excluding hydrogens is 455 g/mol. The molecule has 0 aliphatic heterocycles. The van der Waals surface area contributed by atoms with Gasteiger partial charge in [-0.15, -0.1) is 0 Å². The molecule has 1 N–H and O–H groups in total. The largest absolute Gasteiger partial charge is 0.355 e. The molecule has 3 aromatic rings. The number of amides is 1. The second kappa shape index (κ2) is 10.7. The first-order valence-electron chi connectivity index (χ1n) is 9.71. The highest BCUT2D eigenvalue weighted by Gasteiger charge is 2.26. The van der Waals surface area contributed by atoms with Crippen LogP contribution in [0.15, 0.2) is 83.8 Å². The van der Waals surface area contributed by atoms with Gasteiger partial charge in [-0.1, -0.05) is 59.6 Å². The van der Waals surface area contributed by atoms with Crippen molar-refractivity contribution >= 4 is 44.8 Å². The number of rotatable bonds is 9. The Balaban J connectivity index is 1.69. The first-order chi connectivity index (χ1) is 14.9. The summed E-state index contributed by atoms with van der Waals surface area (Å²) in [5, 5.41) is 3.96. The average molecular weight is 477 g/mol. The van der Waals surface area contributed by atoms with Gasteiger partial charge < -0.3 is 5.32 Å².